The SMILES string of the molecule is CC(C)(C)c1ccc(-c2ccccc2N2c3cc4c(cc3B3c5ccccc5N(c5ccccc5)c5c3c2cc2oc3ccccc3c52)B2c3ccccc3N(c3ccccc3)c3c2c(cc2oc5ccccc5c32)N4c2ccccc2)cc1. The Balaban J connectivity index is 1.01. The van der Waals surface area contributed by atoms with Crippen LogP contribution in [0.25, 0.3) is 55.0 Å². The summed E-state index contributed by atoms with van der Waals surface area (Å²) in [6.45, 7) is 6.49. The topological polar surface area (TPSA) is 39.2 Å². The molecule has 84 heavy (non-hydrogen) atoms. The lowest BCUT2D eigenvalue weighted by molar-refractivity contribution is 0.590. The number of hydrogen-bond acceptors (Lipinski definition) is 6. The maximum atomic E-state index is 7.13. The number of rotatable bonds is 5. The summed E-state index contributed by atoms with van der Waals surface area (Å²) in [4.78, 5) is 10.1. The van der Waals surface area contributed by atoms with Gasteiger partial charge < -0.3 is 28.4 Å². The molecule has 8 heteroatoms. The van der Waals surface area contributed by atoms with Gasteiger partial charge in [0.15, 0.2) is 0 Å². The van der Waals surface area contributed by atoms with Crippen LogP contribution in [0, 0.1) is 0 Å². The fraction of sp³-hybridized carbons (Fsp3) is 0.0526. The number of benzene rings is 12. The molecule has 0 saturated heterocycles. The average molecular weight is 1070 g/mol. The lowest BCUT2D eigenvalue weighted by Crippen LogP contribution is -2.65. The first-order chi connectivity index (χ1) is 41.4. The highest BCUT2D eigenvalue weighted by molar-refractivity contribution is 7.03. The highest BCUT2D eigenvalue weighted by Gasteiger charge is 2.50. The number of furan rings is 2. The molecule has 0 aliphatic carbocycles. The van der Waals surface area contributed by atoms with E-state index in [4.69, 9.17) is 8.83 Å². The minimum Gasteiger partial charge on any atom is -0.456 e. The van der Waals surface area contributed by atoms with E-state index in [1.807, 2.05) is 0 Å². The molecule has 14 aromatic rings. The first-order valence-corrected chi connectivity index (χ1v) is 29.2. The zero-order valence-electron chi connectivity index (χ0n) is 46.6. The Bertz CT molecular complexity index is 5050. The number of anilines is 12. The van der Waals surface area contributed by atoms with Crippen LogP contribution in [-0.4, -0.2) is 13.4 Å². The molecule has 12 aromatic carbocycles. The average Bonchev–Trinajstić information content (AvgIpc) is 1.11. The van der Waals surface area contributed by atoms with Crippen molar-refractivity contribution in [2.75, 3.05) is 19.6 Å². The summed E-state index contributed by atoms with van der Waals surface area (Å²) in [6.07, 6.45) is 0. The summed E-state index contributed by atoms with van der Waals surface area (Å²) in [6, 6.07) is 96.3. The van der Waals surface area contributed by atoms with Crippen LogP contribution in [0.1, 0.15) is 26.3 Å². The predicted molar refractivity (Wildman–Crippen MR) is 353 cm³/mol. The lowest BCUT2D eigenvalue weighted by Gasteiger charge is -2.47. The van der Waals surface area contributed by atoms with E-state index in [1.54, 1.807) is 0 Å². The standard InChI is InChI=1S/C76H52B2N4O2/c1-76(2,3)48-41-39-47(40-42-48)52-29-13-18-34-59(52)82-63-44-62-57(43-58(63)78-56-33-17-20-36-61(56)81(51-27-11-6-12-28-51)75-71-54-31-15-22-38-67(54)84-69(71)46-65(82)73(75)78)77-55-32-16-19-35-60(55)80(50-25-9-5-10-26-50)74-70-53-30-14-21-37-66(53)83-68(70)45-64(72(74)77)79(62)49-23-7-4-8-24-49/h4-46H,1-3H3. The number of hydrogen-bond donors (Lipinski definition) is 0. The molecule has 0 amide bonds. The first kappa shape index (κ1) is 47.2. The van der Waals surface area contributed by atoms with Gasteiger partial charge in [-0.1, -0.05) is 197 Å². The largest absolute Gasteiger partial charge is 0.456 e. The van der Waals surface area contributed by atoms with Gasteiger partial charge in [0, 0.05) is 79.7 Å². The van der Waals surface area contributed by atoms with E-state index in [2.05, 4.69) is 301 Å². The molecule has 4 aliphatic heterocycles. The predicted octanol–water partition coefficient (Wildman–Crippen LogP) is 16.6. The van der Waals surface area contributed by atoms with Crippen LogP contribution in [0.2, 0.25) is 0 Å². The Kier molecular flexibility index (Phi) is 9.86. The van der Waals surface area contributed by atoms with Crippen LogP contribution < -0.4 is 52.4 Å². The van der Waals surface area contributed by atoms with E-state index in [0.717, 1.165) is 123 Å². The molecule has 4 aliphatic rings. The van der Waals surface area contributed by atoms with Crippen LogP contribution in [0.4, 0.5) is 68.2 Å². The number of fused-ring (bicyclic) bond motifs is 16. The Hall–Kier alpha value is -10.4. The van der Waals surface area contributed by atoms with Crippen molar-refractivity contribution in [3.63, 3.8) is 0 Å². The molecule has 0 fully saturated rings. The molecule has 0 atom stereocenters. The Morgan fingerprint density at radius 2 is 0.726 bits per heavy atom. The zero-order chi connectivity index (χ0) is 55.5. The third-order valence-corrected chi connectivity index (χ3v) is 18.3. The normalized spacial score (nSPS) is 13.8. The van der Waals surface area contributed by atoms with Crippen molar-refractivity contribution in [3.8, 4) is 11.1 Å². The van der Waals surface area contributed by atoms with Gasteiger partial charge in [-0.2, -0.15) is 0 Å². The molecule has 2 aromatic heterocycles. The van der Waals surface area contributed by atoms with E-state index < -0.39 is 0 Å². The molecule has 0 spiro atoms. The van der Waals surface area contributed by atoms with Crippen LogP contribution in [0.5, 0.6) is 0 Å². The highest BCUT2D eigenvalue weighted by atomic mass is 16.3. The summed E-state index contributed by atoms with van der Waals surface area (Å²) < 4.78 is 14.2. The molecule has 0 radical (unpaired) electrons. The Labute approximate surface area is 487 Å². The molecular formula is C76H52B2N4O2. The zero-order valence-corrected chi connectivity index (χ0v) is 46.6. The first-order valence-electron chi connectivity index (χ1n) is 29.2. The molecule has 6 nitrogen and oxygen atoms in total. The lowest BCUT2D eigenvalue weighted by atomic mass is 9.30. The number of para-hydroxylation sites is 8. The second-order valence-corrected chi connectivity index (χ2v) is 23.9. The molecule has 6 heterocycles. The van der Waals surface area contributed by atoms with Crippen LogP contribution in [0.3, 0.4) is 0 Å². The van der Waals surface area contributed by atoms with Crippen molar-refractivity contribution in [2.45, 2.75) is 26.2 Å². The third-order valence-electron chi connectivity index (χ3n) is 18.3. The van der Waals surface area contributed by atoms with E-state index in [0.29, 0.717) is 0 Å². The minimum absolute atomic E-state index is 0.00118. The Morgan fingerprint density at radius 3 is 1.24 bits per heavy atom. The molecular weight excluding hydrogens is 1020 g/mol. The van der Waals surface area contributed by atoms with E-state index >= 15 is 0 Å². The minimum atomic E-state index is -0.190. The fourth-order valence-electron chi connectivity index (χ4n) is 14.8. The summed E-state index contributed by atoms with van der Waals surface area (Å²) >= 11 is 0. The maximum absolute atomic E-state index is 7.13. The monoisotopic (exact) mass is 1070 g/mol. The van der Waals surface area contributed by atoms with Gasteiger partial charge in [-0.15, -0.1) is 0 Å². The van der Waals surface area contributed by atoms with Crippen LogP contribution in [-0.2, 0) is 5.41 Å². The summed E-state index contributed by atoms with van der Waals surface area (Å²) in [5.41, 5.74) is 27.8. The smallest absolute Gasteiger partial charge is 0.252 e. The summed E-state index contributed by atoms with van der Waals surface area (Å²) in [7, 11) is 0. The van der Waals surface area contributed by atoms with Crippen molar-refractivity contribution in [3.05, 3.63) is 266 Å². The molecule has 0 saturated carbocycles. The molecule has 0 bridgehead atoms. The summed E-state index contributed by atoms with van der Waals surface area (Å²) in [5.74, 6) is 0. The number of nitrogens with zero attached hydrogens (tertiary/aromatic N) is 4. The fourth-order valence-corrected chi connectivity index (χ4v) is 14.8. The van der Waals surface area contributed by atoms with Crippen molar-refractivity contribution in [1.82, 2.24) is 0 Å². The van der Waals surface area contributed by atoms with Gasteiger partial charge in [0.1, 0.15) is 22.3 Å². The molecule has 0 N–H and O–H groups in total. The second kappa shape index (κ2) is 17.5. The van der Waals surface area contributed by atoms with Gasteiger partial charge >= 0.3 is 0 Å². The quantitative estimate of drug-likeness (QED) is 0.160. The second-order valence-electron chi connectivity index (χ2n) is 23.9. The van der Waals surface area contributed by atoms with Crippen molar-refractivity contribution >= 4 is 158 Å². The van der Waals surface area contributed by atoms with E-state index in [-0.39, 0.29) is 18.8 Å². The molecule has 18 rings (SSSR count). The van der Waals surface area contributed by atoms with Gasteiger partial charge in [-0.05, 0) is 122 Å². The van der Waals surface area contributed by atoms with Crippen molar-refractivity contribution in [2.24, 2.45) is 0 Å². The maximum Gasteiger partial charge on any atom is 0.252 e. The van der Waals surface area contributed by atoms with Crippen LogP contribution >= 0.6 is 0 Å². The van der Waals surface area contributed by atoms with Gasteiger partial charge in [0.25, 0.3) is 13.4 Å². The third kappa shape index (κ3) is 6.59. The van der Waals surface area contributed by atoms with Crippen molar-refractivity contribution in [1.29, 1.82) is 0 Å². The molecule has 394 valence electrons. The van der Waals surface area contributed by atoms with E-state index in [9.17, 15) is 0 Å². The summed E-state index contributed by atoms with van der Waals surface area (Å²) in [5, 5.41) is 4.40. The Morgan fingerprint density at radius 1 is 0.310 bits per heavy atom. The van der Waals surface area contributed by atoms with Crippen molar-refractivity contribution < 1.29 is 8.83 Å². The van der Waals surface area contributed by atoms with Crippen LogP contribution in [0.15, 0.2) is 270 Å². The van der Waals surface area contributed by atoms with Gasteiger partial charge in [-0.3, -0.25) is 0 Å². The molecule has 0 unspecified atom stereocenters. The van der Waals surface area contributed by atoms with E-state index in [1.165, 1.54) is 38.3 Å². The van der Waals surface area contributed by atoms with Gasteiger partial charge in [0.05, 0.1) is 27.8 Å². The highest BCUT2D eigenvalue weighted by Crippen LogP contribution is 2.54. The van der Waals surface area contributed by atoms with Gasteiger partial charge in [-0.25, -0.2) is 0 Å². The van der Waals surface area contributed by atoms with Gasteiger partial charge in [0.2, 0.25) is 0 Å².